The number of rotatable bonds is 5. The predicted octanol–water partition coefficient (Wildman–Crippen LogP) is 1.91. The second kappa shape index (κ2) is 8.00. The van der Waals surface area contributed by atoms with E-state index in [9.17, 15) is 13.5 Å². The highest BCUT2D eigenvalue weighted by Gasteiger charge is 2.30. The van der Waals surface area contributed by atoms with E-state index in [2.05, 4.69) is 19.9 Å². The summed E-state index contributed by atoms with van der Waals surface area (Å²) in [6.45, 7) is 9.39. The Kier molecular flexibility index (Phi) is 5.89. The number of hydrogen-bond donors (Lipinski definition) is 2. The number of piperazine rings is 1. The van der Waals surface area contributed by atoms with Crippen LogP contribution in [0.2, 0.25) is 0 Å². The predicted molar refractivity (Wildman–Crippen MR) is 107 cm³/mol. The second-order valence-corrected chi connectivity index (χ2v) is 9.62. The van der Waals surface area contributed by atoms with Crippen molar-refractivity contribution in [1.29, 1.82) is 0 Å². The molecule has 0 saturated carbocycles. The fourth-order valence-corrected chi connectivity index (χ4v) is 4.90. The molecule has 1 aliphatic rings. The molecular formula is C21H29N2O3S+. The fraction of sp³-hybridized carbons (Fsp3) is 0.429. The van der Waals surface area contributed by atoms with Gasteiger partial charge in [-0.1, -0.05) is 37.6 Å². The summed E-state index contributed by atoms with van der Waals surface area (Å²) in [4.78, 5) is 1.65. The largest absolute Gasteiger partial charge is 0.507 e. The van der Waals surface area contributed by atoms with Crippen molar-refractivity contribution in [3.63, 3.8) is 0 Å². The molecule has 5 nitrogen and oxygen atoms in total. The maximum atomic E-state index is 12.8. The molecule has 0 spiro atoms. The van der Waals surface area contributed by atoms with Gasteiger partial charge in [0.25, 0.3) is 0 Å². The smallest absolute Gasteiger partial charge is 0.243 e. The molecule has 0 aromatic heterocycles. The van der Waals surface area contributed by atoms with Gasteiger partial charge >= 0.3 is 0 Å². The van der Waals surface area contributed by atoms with E-state index in [1.54, 1.807) is 22.5 Å². The molecule has 2 aromatic carbocycles. The van der Waals surface area contributed by atoms with E-state index in [1.807, 2.05) is 25.1 Å². The van der Waals surface area contributed by atoms with E-state index in [-0.39, 0.29) is 0 Å². The van der Waals surface area contributed by atoms with Crippen LogP contribution in [0.5, 0.6) is 5.75 Å². The molecule has 6 heteroatoms. The standard InChI is InChI=1S/C21H28N2O3S/c1-16(2)18-6-9-21(24)19(14-18)15-22-10-12-23(13-11-22)27(25,26)20-7-4-17(3)5-8-20/h4-9,14,16,24H,10-13,15H2,1-3H3/p+1. The third-order valence-electron chi connectivity index (χ3n) is 5.30. The Bertz CT molecular complexity index is 884. The van der Waals surface area contributed by atoms with Crippen LogP contribution in [0, 0.1) is 6.92 Å². The van der Waals surface area contributed by atoms with Gasteiger partial charge in [-0.2, -0.15) is 4.31 Å². The van der Waals surface area contributed by atoms with Gasteiger partial charge in [-0.3, -0.25) is 0 Å². The van der Waals surface area contributed by atoms with Crippen LogP contribution >= 0.6 is 0 Å². The number of aryl methyl sites for hydroxylation is 1. The molecular weight excluding hydrogens is 360 g/mol. The Morgan fingerprint density at radius 2 is 1.70 bits per heavy atom. The molecule has 2 aromatic rings. The minimum atomic E-state index is -3.43. The van der Waals surface area contributed by atoms with Gasteiger partial charge in [0.2, 0.25) is 10.0 Å². The van der Waals surface area contributed by atoms with E-state index in [4.69, 9.17) is 0 Å². The average Bonchev–Trinajstić information content (AvgIpc) is 2.64. The summed E-state index contributed by atoms with van der Waals surface area (Å²) in [6.07, 6.45) is 0. The minimum absolute atomic E-state index is 0.321. The lowest BCUT2D eigenvalue weighted by Gasteiger charge is -2.31. The van der Waals surface area contributed by atoms with Crippen LogP contribution in [-0.4, -0.2) is 44.0 Å². The normalized spacial score (nSPS) is 16.7. The summed E-state index contributed by atoms with van der Waals surface area (Å²) >= 11 is 0. The Morgan fingerprint density at radius 3 is 2.30 bits per heavy atom. The van der Waals surface area contributed by atoms with Gasteiger partial charge in [-0.05, 0) is 42.7 Å². The molecule has 1 fully saturated rings. The minimum Gasteiger partial charge on any atom is -0.507 e. The summed E-state index contributed by atoms with van der Waals surface area (Å²) in [5.41, 5.74) is 3.19. The molecule has 146 valence electrons. The summed E-state index contributed by atoms with van der Waals surface area (Å²) < 4.78 is 27.2. The van der Waals surface area contributed by atoms with Gasteiger partial charge in [0.15, 0.2) is 0 Å². The first-order chi connectivity index (χ1) is 12.8. The van der Waals surface area contributed by atoms with Gasteiger partial charge in [0, 0.05) is 5.56 Å². The van der Waals surface area contributed by atoms with Crippen LogP contribution in [-0.2, 0) is 16.6 Å². The lowest BCUT2D eigenvalue weighted by molar-refractivity contribution is -0.917. The first-order valence-corrected chi connectivity index (χ1v) is 10.9. The molecule has 27 heavy (non-hydrogen) atoms. The zero-order valence-corrected chi connectivity index (χ0v) is 17.1. The van der Waals surface area contributed by atoms with Gasteiger partial charge < -0.3 is 10.0 Å². The van der Waals surface area contributed by atoms with E-state index >= 15 is 0 Å². The third-order valence-corrected chi connectivity index (χ3v) is 7.21. The van der Waals surface area contributed by atoms with Crippen molar-refractivity contribution in [2.75, 3.05) is 26.2 Å². The van der Waals surface area contributed by atoms with Crippen LogP contribution < -0.4 is 4.90 Å². The van der Waals surface area contributed by atoms with Crippen molar-refractivity contribution in [3.8, 4) is 5.75 Å². The van der Waals surface area contributed by atoms with E-state index < -0.39 is 10.0 Å². The van der Waals surface area contributed by atoms with Crippen molar-refractivity contribution in [1.82, 2.24) is 4.31 Å². The van der Waals surface area contributed by atoms with Crippen LogP contribution in [0.3, 0.4) is 0 Å². The number of sulfonamides is 1. The number of quaternary nitrogens is 1. The highest BCUT2D eigenvalue weighted by Crippen LogP contribution is 2.23. The van der Waals surface area contributed by atoms with Gasteiger partial charge in [-0.15, -0.1) is 0 Å². The Hall–Kier alpha value is -1.89. The van der Waals surface area contributed by atoms with Crippen molar-refractivity contribution >= 4 is 10.0 Å². The fourth-order valence-electron chi connectivity index (χ4n) is 3.45. The zero-order chi connectivity index (χ0) is 19.6. The monoisotopic (exact) mass is 389 g/mol. The molecule has 1 saturated heterocycles. The summed E-state index contributed by atoms with van der Waals surface area (Å²) in [5.74, 6) is 0.734. The molecule has 0 unspecified atom stereocenters. The summed E-state index contributed by atoms with van der Waals surface area (Å²) in [6, 6.07) is 12.8. The van der Waals surface area contributed by atoms with Gasteiger partial charge in [0.1, 0.15) is 12.3 Å². The summed E-state index contributed by atoms with van der Waals surface area (Å²) in [5, 5.41) is 10.2. The maximum Gasteiger partial charge on any atom is 0.243 e. The van der Waals surface area contributed by atoms with E-state index in [1.165, 1.54) is 10.5 Å². The Morgan fingerprint density at radius 1 is 1.07 bits per heavy atom. The van der Waals surface area contributed by atoms with Crippen LogP contribution in [0.15, 0.2) is 47.4 Å². The molecule has 0 atom stereocenters. The number of phenolic OH excluding ortho intramolecular Hbond substituents is 1. The number of aromatic hydroxyl groups is 1. The molecule has 0 bridgehead atoms. The summed E-state index contributed by atoms with van der Waals surface area (Å²) in [7, 11) is -3.43. The average molecular weight is 390 g/mol. The molecule has 3 rings (SSSR count). The lowest BCUT2D eigenvalue weighted by Crippen LogP contribution is -3.13. The van der Waals surface area contributed by atoms with Crippen LogP contribution in [0.1, 0.15) is 36.5 Å². The van der Waals surface area contributed by atoms with E-state index in [0.29, 0.717) is 36.2 Å². The SMILES string of the molecule is Cc1ccc(S(=O)(=O)N2CC[NH+](Cc3cc(C(C)C)ccc3O)CC2)cc1. The topological polar surface area (TPSA) is 62.0 Å². The maximum absolute atomic E-state index is 12.8. The zero-order valence-electron chi connectivity index (χ0n) is 16.3. The first-order valence-electron chi connectivity index (χ1n) is 9.49. The van der Waals surface area contributed by atoms with Crippen molar-refractivity contribution < 1.29 is 18.4 Å². The number of benzene rings is 2. The van der Waals surface area contributed by atoms with Crippen LogP contribution in [0.25, 0.3) is 0 Å². The van der Waals surface area contributed by atoms with Crippen molar-refractivity contribution in [2.45, 2.75) is 38.1 Å². The lowest BCUT2D eigenvalue weighted by atomic mass is 10.00. The molecule has 0 radical (unpaired) electrons. The highest BCUT2D eigenvalue weighted by molar-refractivity contribution is 7.89. The molecule has 1 heterocycles. The van der Waals surface area contributed by atoms with Crippen LogP contribution in [0.4, 0.5) is 0 Å². The molecule has 0 aliphatic carbocycles. The van der Waals surface area contributed by atoms with Crippen molar-refractivity contribution in [2.24, 2.45) is 0 Å². The number of nitrogens with zero attached hydrogens (tertiary/aromatic N) is 1. The quantitative estimate of drug-likeness (QED) is 0.821. The molecule has 1 aliphatic heterocycles. The second-order valence-electron chi connectivity index (χ2n) is 7.69. The third kappa shape index (κ3) is 4.51. The molecule has 0 amide bonds. The Labute approximate surface area is 162 Å². The molecule has 2 N–H and O–H groups in total. The van der Waals surface area contributed by atoms with Crippen molar-refractivity contribution in [3.05, 3.63) is 59.2 Å². The number of hydrogen-bond acceptors (Lipinski definition) is 3. The van der Waals surface area contributed by atoms with Gasteiger partial charge in [0.05, 0.1) is 31.1 Å². The number of phenols is 1. The van der Waals surface area contributed by atoms with Gasteiger partial charge in [-0.25, -0.2) is 8.42 Å². The first kappa shape index (κ1) is 19.9. The number of nitrogens with one attached hydrogen (secondary N) is 1. The van der Waals surface area contributed by atoms with E-state index in [0.717, 1.165) is 24.2 Å². The Balaban J connectivity index is 1.65. The highest BCUT2D eigenvalue weighted by atomic mass is 32.2.